The van der Waals surface area contributed by atoms with Crippen LogP contribution >= 0.6 is 0 Å². The van der Waals surface area contributed by atoms with Crippen LogP contribution in [-0.4, -0.2) is 7.11 Å². The van der Waals surface area contributed by atoms with E-state index in [1.54, 1.807) is 12.1 Å². The number of benzene rings is 2. The van der Waals surface area contributed by atoms with Crippen LogP contribution in [0.25, 0.3) is 0 Å². The summed E-state index contributed by atoms with van der Waals surface area (Å²) in [6.45, 7) is 0. The Morgan fingerprint density at radius 3 is 2.47 bits per heavy atom. The van der Waals surface area contributed by atoms with Crippen LogP contribution in [0, 0.1) is 11.6 Å². The smallest absolute Gasteiger partial charge is 0.124 e. The molecule has 1 unspecified atom stereocenters. The van der Waals surface area contributed by atoms with Crippen LogP contribution in [0.1, 0.15) is 17.2 Å². The first kappa shape index (κ1) is 13.5. The Labute approximate surface area is 110 Å². The van der Waals surface area contributed by atoms with Gasteiger partial charge in [0.05, 0.1) is 13.2 Å². The van der Waals surface area contributed by atoms with Crippen LogP contribution < -0.4 is 16.0 Å². The molecule has 1 atom stereocenters. The second-order valence-corrected chi connectivity index (χ2v) is 4.04. The summed E-state index contributed by atoms with van der Waals surface area (Å²) in [5, 5.41) is 0. The van der Waals surface area contributed by atoms with Gasteiger partial charge in [0.25, 0.3) is 0 Å². The second kappa shape index (κ2) is 5.77. The molecule has 19 heavy (non-hydrogen) atoms. The van der Waals surface area contributed by atoms with Crippen molar-refractivity contribution in [2.45, 2.75) is 6.04 Å². The van der Waals surface area contributed by atoms with Gasteiger partial charge in [0.2, 0.25) is 0 Å². The second-order valence-electron chi connectivity index (χ2n) is 4.04. The van der Waals surface area contributed by atoms with Crippen molar-refractivity contribution >= 4 is 0 Å². The normalized spacial score (nSPS) is 12.2. The number of hydrazine groups is 1. The number of halogens is 2. The minimum atomic E-state index is -0.554. The highest BCUT2D eigenvalue weighted by atomic mass is 19.1. The fourth-order valence-corrected chi connectivity index (χ4v) is 1.98. The first-order valence-electron chi connectivity index (χ1n) is 5.70. The number of ether oxygens (including phenoxy) is 1. The molecule has 0 saturated heterocycles. The molecular weight excluding hydrogens is 250 g/mol. The summed E-state index contributed by atoms with van der Waals surface area (Å²) in [7, 11) is 1.48. The lowest BCUT2D eigenvalue weighted by Gasteiger charge is -2.19. The van der Waals surface area contributed by atoms with Crippen molar-refractivity contribution in [3.05, 3.63) is 65.2 Å². The zero-order valence-electron chi connectivity index (χ0n) is 10.4. The van der Waals surface area contributed by atoms with E-state index < -0.39 is 11.9 Å². The standard InChI is InChI=1S/C14H14F2N2O/c1-19-13-6-5-11(16)8-12(13)14(18-17)9-3-2-4-10(15)7-9/h2-8,14,18H,17H2,1H3. The average Bonchev–Trinajstić information content (AvgIpc) is 2.40. The topological polar surface area (TPSA) is 47.3 Å². The van der Waals surface area contributed by atoms with E-state index in [0.717, 1.165) is 0 Å². The summed E-state index contributed by atoms with van der Waals surface area (Å²) < 4.78 is 31.8. The van der Waals surface area contributed by atoms with Crippen LogP contribution in [-0.2, 0) is 0 Å². The minimum absolute atomic E-state index is 0.381. The molecule has 3 N–H and O–H groups in total. The summed E-state index contributed by atoms with van der Waals surface area (Å²) in [6.07, 6.45) is 0. The molecule has 0 spiro atoms. The van der Waals surface area contributed by atoms with Gasteiger partial charge in [-0.2, -0.15) is 0 Å². The lowest BCUT2D eigenvalue weighted by atomic mass is 9.98. The van der Waals surface area contributed by atoms with Crippen molar-refractivity contribution in [1.82, 2.24) is 5.43 Å². The van der Waals surface area contributed by atoms with Crippen LogP contribution in [0.5, 0.6) is 5.75 Å². The van der Waals surface area contributed by atoms with Crippen LogP contribution in [0.15, 0.2) is 42.5 Å². The summed E-state index contributed by atoms with van der Waals surface area (Å²) in [6, 6.07) is 9.51. The van der Waals surface area contributed by atoms with E-state index in [1.165, 1.54) is 37.4 Å². The zero-order valence-corrected chi connectivity index (χ0v) is 10.4. The molecule has 5 heteroatoms. The zero-order chi connectivity index (χ0) is 13.8. The fourth-order valence-electron chi connectivity index (χ4n) is 1.98. The number of rotatable bonds is 4. The molecule has 0 saturated carbocycles. The van der Waals surface area contributed by atoms with Crippen molar-refractivity contribution in [1.29, 1.82) is 0 Å². The van der Waals surface area contributed by atoms with Crippen LogP contribution in [0.2, 0.25) is 0 Å². The van der Waals surface area contributed by atoms with Gasteiger partial charge in [-0.3, -0.25) is 5.84 Å². The molecule has 0 amide bonds. The van der Waals surface area contributed by atoms with Gasteiger partial charge in [-0.15, -0.1) is 0 Å². The molecule has 100 valence electrons. The van der Waals surface area contributed by atoms with Crippen LogP contribution in [0.3, 0.4) is 0 Å². The van der Waals surface area contributed by atoms with E-state index in [4.69, 9.17) is 10.6 Å². The molecule has 0 bridgehead atoms. The van der Waals surface area contributed by atoms with Gasteiger partial charge in [-0.05, 0) is 35.9 Å². The van der Waals surface area contributed by atoms with Crippen molar-refractivity contribution in [2.24, 2.45) is 5.84 Å². The minimum Gasteiger partial charge on any atom is -0.496 e. The SMILES string of the molecule is COc1ccc(F)cc1C(NN)c1cccc(F)c1. The highest BCUT2D eigenvalue weighted by Crippen LogP contribution is 2.30. The molecule has 2 aromatic rings. The van der Waals surface area contributed by atoms with E-state index >= 15 is 0 Å². The molecule has 2 rings (SSSR count). The Hall–Kier alpha value is -1.98. The quantitative estimate of drug-likeness (QED) is 0.659. The van der Waals surface area contributed by atoms with E-state index in [-0.39, 0.29) is 5.82 Å². The molecule has 2 aromatic carbocycles. The first-order chi connectivity index (χ1) is 9.15. The lowest BCUT2D eigenvalue weighted by Crippen LogP contribution is -2.29. The van der Waals surface area contributed by atoms with E-state index in [0.29, 0.717) is 16.9 Å². The lowest BCUT2D eigenvalue weighted by molar-refractivity contribution is 0.402. The summed E-state index contributed by atoms with van der Waals surface area (Å²) in [5.41, 5.74) is 3.65. The predicted molar refractivity (Wildman–Crippen MR) is 68.5 cm³/mol. The maximum absolute atomic E-state index is 13.4. The molecule has 0 aliphatic heterocycles. The van der Waals surface area contributed by atoms with Gasteiger partial charge in [-0.25, -0.2) is 14.2 Å². The van der Waals surface area contributed by atoms with E-state index in [1.807, 2.05) is 0 Å². The molecule has 0 radical (unpaired) electrons. The van der Waals surface area contributed by atoms with Crippen molar-refractivity contribution < 1.29 is 13.5 Å². The van der Waals surface area contributed by atoms with Crippen LogP contribution in [0.4, 0.5) is 8.78 Å². The molecule has 0 aromatic heterocycles. The molecule has 3 nitrogen and oxygen atoms in total. The number of nitrogens with two attached hydrogens (primary N) is 1. The monoisotopic (exact) mass is 264 g/mol. The number of hydrogen-bond donors (Lipinski definition) is 2. The Morgan fingerprint density at radius 1 is 1.11 bits per heavy atom. The predicted octanol–water partition coefficient (Wildman–Crippen LogP) is 2.53. The third-order valence-corrected chi connectivity index (χ3v) is 2.85. The molecule has 0 heterocycles. The Morgan fingerprint density at radius 2 is 1.84 bits per heavy atom. The highest BCUT2D eigenvalue weighted by Gasteiger charge is 2.18. The maximum atomic E-state index is 13.4. The van der Waals surface area contributed by atoms with Crippen molar-refractivity contribution in [2.75, 3.05) is 7.11 Å². The molecule has 0 fully saturated rings. The number of nitrogens with one attached hydrogen (secondary N) is 1. The molecule has 0 aliphatic rings. The Balaban J connectivity index is 2.50. The average molecular weight is 264 g/mol. The Kier molecular flexibility index (Phi) is 4.09. The Bertz CT molecular complexity index is 575. The van der Waals surface area contributed by atoms with Gasteiger partial charge in [0.1, 0.15) is 17.4 Å². The third-order valence-electron chi connectivity index (χ3n) is 2.85. The largest absolute Gasteiger partial charge is 0.496 e. The van der Waals surface area contributed by atoms with Crippen molar-refractivity contribution in [3.8, 4) is 5.75 Å². The van der Waals surface area contributed by atoms with E-state index in [2.05, 4.69) is 5.43 Å². The number of hydrogen-bond acceptors (Lipinski definition) is 3. The van der Waals surface area contributed by atoms with Gasteiger partial charge < -0.3 is 4.74 Å². The summed E-state index contributed by atoms with van der Waals surface area (Å²) in [4.78, 5) is 0. The van der Waals surface area contributed by atoms with Crippen molar-refractivity contribution in [3.63, 3.8) is 0 Å². The fraction of sp³-hybridized carbons (Fsp3) is 0.143. The maximum Gasteiger partial charge on any atom is 0.124 e. The van der Waals surface area contributed by atoms with Gasteiger partial charge in [0, 0.05) is 5.56 Å². The summed E-state index contributed by atoms with van der Waals surface area (Å²) >= 11 is 0. The summed E-state index contributed by atoms with van der Waals surface area (Å²) in [5.74, 6) is 5.20. The van der Waals surface area contributed by atoms with E-state index in [9.17, 15) is 8.78 Å². The van der Waals surface area contributed by atoms with Gasteiger partial charge >= 0.3 is 0 Å². The molecular formula is C14H14F2N2O. The van der Waals surface area contributed by atoms with Gasteiger partial charge in [0.15, 0.2) is 0 Å². The first-order valence-corrected chi connectivity index (χ1v) is 5.70. The number of methoxy groups -OCH3 is 1. The van der Waals surface area contributed by atoms with Gasteiger partial charge in [-0.1, -0.05) is 12.1 Å². The highest BCUT2D eigenvalue weighted by molar-refractivity contribution is 5.42. The molecule has 0 aliphatic carbocycles. The third kappa shape index (κ3) is 2.89.